The van der Waals surface area contributed by atoms with Crippen LogP contribution in [-0.4, -0.2) is 37.5 Å². The van der Waals surface area contributed by atoms with Gasteiger partial charge in [0.05, 0.1) is 12.4 Å². The van der Waals surface area contributed by atoms with Gasteiger partial charge in [-0.2, -0.15) is 0 Å². The third-order valence-corrected chi connectivity index (χ3v) is 3.40. The highest BCUT2D eigenvalue weighted by atomic mass is 32.2. The molecule has 0 radical (unpaired) electrons. The van der Waals surface area contributed by atoms with E-state index in [9.17, 15) is 8.42 Å². The molecule has 5 nitrogen and oxygen atoms in total. The Morgan fingerprint density at radius 1 is 1.19 bits per heavy atom. The summed E-state index contributed by atoms with van der Waals surface area (Å²) in [5.41, 5.74) is 0.935. The van der Waals surface area contributed by atoms with Gasteiger partial charge in [-0.15, -0.1) is 0 Å². The molecule has 0 unspecified atom stereocenters. The van der Waals surface area contributed by atoms with Gasteiger partial charge in [-0.05, 0) is 24.1 Å². The van der Waals surface area contributed by atoms with Crippen molar-refractivity contribution in [1.29, 1.82) is 0 Å². The Balaban J connectivity index is 2.39. The minimum Gasteiger partial charge on any atom is -0.508 e. The summed E-state index contributed by atoms with van der Waals surface area (Å²) in [5, 5.41) is 17.5. The van der Waals surface area contributed by atoms with Crippen molar-refractivity contribution in [1.82, 2.24) is 4.72 Å². The van der Waals surface area contributed by atoms with Crippen molar-refractivity contribution < 1.29 is 18.6 Å². The van der Waals surface area contributed by atoms with Gasteiger partial charge in [0.15, 0.2) is 0 Å². The van der Waals surface area contributed by atoms with Crippen molar-refractivity contribution >= 4 is 10.0 Å². The smallest absolute Gasteiger partial charge is 0.213 e. The molecule has 3 N–H and O–H groups in total. The minimum absolute atomic E-state index is 0.185. The van der Waals surface area contributed by atoms with Gasteiger partial charge in [0.2, 0.25) is 10.0 Å². The molecular formula is C10H15NO4S. The average molecular weight is 245 g/mol. The number of phenolic OH excluding ortho intramolecular Hbond substituents is 1. The van der Waals surface area contributed by atoms with E-state index in [1.807, 2.05) is 0 Å². The van der Waals surface area contributed by atoms with Gasteiger partial charge in [-0.25, -0.2) is 13.1 Å². The van der Waals surface area contributed by atoms with Crippen LogP contribution >= 0.6 is 0 Å². The summed E-state index contributed by atoms with van der Waals surface area (Å²) >= 11 is 0. The van der Waals surface area contributed by atoms with Crippen molar-refractivity contribution in [2.45, 2.75) is 6.42 Å². The molecule has 0 saturated heterocycles. The van der Waals surface area contributed by atoms with E-state index in [4.69, 9.17) is 10.2 Å². The monoisotopic (exact) mass is 245 g/mol. The SMILES string of the molecule is O=S(=O)(CCO)NCCc1ccc(O)cc1. The van der Waals surface area contributed by atoms with Crippen molar-refractivity contribution in [3.05, 3.63) is 29.8 Å². The molecular weight excluding hydrogens is 230 g/mol. The topological polar surface area (TPSA) is 86.6 Å². The predicted octanol–water partition coefficient (Wildman–Crippen LogP) is -0.154. The highest BCUT2D eigenvalue weighted by Gasteiger charge is 2.07. The maximum absolute atomic E-state index is 11.2. The average Bonchev–Trinajstić information content (AvgIpc) is 2.20. The second-order valence-electron chi connectivity index (χ2n) is 3.35. The molecule has 1 aromatic carbocycles. The molecule has 0 spiro atoms. The molecule has 0 saturated carbocycles. The molecule has 0 aliphatic carbocycles. The van der Waals surface area contributed by atoms with Gasteiger partial charge in [0.25, 0.3) is 0 Å². The van der Waals surface area contributed by atoms with Crippen LogP contribution in [0.15, 0.2) is 24.3 Å². The molecule has 0 heterocycles. The lowest BCUT2D eigenvalue weighted by atomic mass is 10.1. The van der Waals surface area contributed by atoms with Crippen molar-refractivity contribution in [2.24, 2.45) is 0 Å². The first-order valence-electron chi connectivity index (χ1n) is 4.89. The van der Waals surface area contributed by atoms with Gasteiger partial charge >= 0.3 is 0 Å². The summed E-state index contributed by atoms with van der Waals surface area (Å²) in [6, 6.07) is 6.57. The number of aromatic hydroxyl groups is 1. The molecule has 0 aromatic heterocycles. The highest BCUT2D eigenvalue weighted by Crippen LogP contribution is 2.09. The lowest BCUT2D eigenvalue weighted by Crippen LogP contribution is -2.29. The van der Waals surface area contributed by atoms with Crippen LogP contribution in [0.2, 0.25) is 0 Å². The number of rotatable bonds is 6. The number of nitrogens with one attached hydrogen (secondary N) is 1. The second-order valence-corrected chi connectivity index (χ2v) is 5.28. The van der Waals surface area contributed by atoms with E-state index in [0.29, 0.717) is 6.42 Å². The normalized spacial score (nSPS) is 11.6. The first-order valence-corrected chi connectivity index (χ1v) is 6.55. The Morgan fingerprint density at radius 2 is 1.81 bits per heavy atom. The fourth-order valence-corrected chi connectivity index (χ4v) is 2.00. The van der Waals surface area contributed by atoms with Gasteiger partial charge < -0.3 is 10.2 Å². The quantitative estimate of drug-likeness (QED) is 0.650. The first-order chi connectivity index (χ1) is 7.53. The Bertz CT molecular complexity index is 413. The molecule has 16 heavy (non-hydrogen) atoms. The zero-order valence-corrected chi connectivity index (χ0v) is 9.57. The number of sulfonamides is 1. The van der Waals surface area contributed by atoms with Crippen LogP contribution in [0, 0.1) is 0 Å². The molecule has 0 aliphatic heterocycles. The number of aliphatic hydroxyl groups is 1. The Kier molecular flexibility index (Phi) is 4.72. The van der Waals surface area contributed by atoms with Gasteiger partial charge in [-0.3, -0.25) is 0 Å². The summed E-state index contributed by atoms with van der Waals surface area (Å²) < 4.78 is 24.7. The lowest BCUT2D eigenvalue weighted by Gasteiger charge is -2.05. The number of benzene rings is 1. The summed E-state index contributed by atoms with van der Waals surface area (Å²) in [7, 11) is -3.36. The second kappa shape index (κ2) is 5.83. The first kappa shape index (κ1) is 13.0. The molecule has 0 amide bonds. The molecule has 0 atom stereocenters. The molecule has 1 aromatic rings. The molecule has 0 bridgehead atoms. The third kappa shape index (κ3) is 4.61. The van der Waals surface area contributed by atoms with Gasteiger partial charge in [0, 0.05) is 6.54 Å². The van der Waals surface area contributed by atoms with E-state index in [2.05, 4.69) is 4.72 Å². The molecule has 0 fully saturated rings. The van der Waals surface area contributed by atoms with Crippen LogP contribution in [0.25, 0.3) is 0 Å². The van der Waals surface area contributed by atoms with E-state index in [1.165, 1.54) is 0 Å². The van der Waals surface area contributed by atoms with E-state index in [-0.39, 0.29) is 24.7 Å². The van der Waals surface area contributed by atoms with Crippen LogP contribution in [0.3, 0.4) is 0 Å². The number of hydrogen-bond acceptors (Lipinski definition) is 4. The van der Waals surface area contributed by atoms with Gasteiger partial charge in [0.1, 0.15) is 5.75 Å². The third-order valence-electron chi connectivity index (χ3n) is 2.03. The Morgan fingerprint density at radius 3 is 2.38 bits per heavy atom. The fraction of sp³-hybridized carbons (Fsp3) is 0.400. The minimum atomic E-state index is -3.36. The maximum atomic E-state index is 11.2. The van der Waals surface area contributed by atoms with Crippen molar-refractivity contribution in [3.63, 3.8) is 0 Å². The van der Waals surface area contributed by atoms with Crippen molar-refractivity contribution in [2.75, 3.05) is 18.9 Å². The summed E-state index contributed by atoms with van der Waals surface area (Å²) in [5.74, 6) is -0.0904. The number of aliphatic hydroxyl groups excluding tert-OH is 1. The molecule has 1 rings (SSSR count). The zero-order chi connectivity index (χ0) is 12.0. The Labute approximate surface area is 94.8 Å². The van der Waals surface area contributed by atoms with E-state index < -0.39 is 10.0 Å². The van der Waals surface area contributed by atoms with E-state index >= 15 is 0 Å². The zero-order valence-electron chi connectivity index (χ0n) is 8.76. The lowest BCUT2D eigenvalue weighted by molar-refractivity contribution is 0.319. The van der Waals surface area contributed by atoms with Crippen LogP contribution in [0.5, 0.6) is 5.75 Å². The van der Waals surface area contributed by atoms with Crippen LogP contribution < -0.4 is 4.72 Å². The van der Waals surface area contributed by atoms with Crippen LogP contribution in [0.1, 0.15) is 5.56 Å². The van der Waals surface area contributed by atoms with Crippen LogP contribution in [-0.2, 0) is 16.4 Å². The summed E-state index contributed by atoms with van der Waals surface area (Å²) in [6.07, 6.45) is 0.547. The molecule has 90 valence electrons. The fourth-order valence-electron chi connectivity index (χ4n) is 1.21. The van der Waals surface area contributed by atoms with Crippen LogP contribution in [0.4, 0.5) is 0 Å². The summed E-state index contributed by atoms with van der Waals surface area (Å²) in [4.78, 5) is 0. The Hall–Kier alpha value is -1.11. The number of hydrogen-bond donors (Lipinski definition) is 3. The highest BCUT2D eigenvalue weighted by molar-refractivity contribution is 7.89. The van der Waals surface area contributed by atoms with Crippen molar-refractivity contribution in [3.8, 4) is 5.75 Å². The summed E-state index contributed by atoms with van der Waals surface area (Å²) in [6.45, 7) is -0.0956. The maximum Gasteiger partial charge on any atom is 0.213 e. The number of phenols is 1. The standard InChI is InChI=1S/C10H15NO4S/c12-7-8-16(14,15)11-6-5-9-1-3-10(13)4-2-9/h1-4,11-13H,5-8H2. The largest absolute Gasteiger partial charge is 0.508 e. The molecule has 6 heteroatoms. The molecule has 0 aliphatic rings. The predicted molar refractivity (Wildman–Crippen MR) is 60.7 cm³/mol. The van der Waals surface area contributed by atoms with Gasteiger partial charge in [-0.1, -0.05) is 12.1 Å². The van der Waals surface area contributed by atoms with E-state index in [1.54, 1.807) is 24.3 Å². The van der Waals surface area contributed by atoms with E-state index in [0.717, 1.165) is 5.56 Å².